The van der Waals surface area contributed by atoms with Crippen molar-refractivity contribution >= 4 is 23.2 Å². The van der Waals surface area contributed by atoms with Crippen molar-refractivity contribution in [3.05, 3.63) is 88.1 Å². The molecule has 9 heteroatoms. The van der Waals surface area contributed by atoms with Crippen LogP contribution in [0.5, 0.6) is 0 Å². The van der Waals surface area contributed by atoms with E-state index >= 15 is 0 Å². The quantitative estimate of drug-likeness (QED) is 0.523. The lowest BCUT2D eigenvalue weighted by Crippen LogP contribution is -2.28. The first-order valence-electron chi connectivity index (χ1n) is 8.85. The maximum atomic E-state index is 13.1. The first-order chi connectivity index (χ1) is 14.5. The highest BCUT2D eigenvalue weighted by atomic mass is 35.5. The molecule has 30 heavy (non-hydrogen) atoms. The number of benzene rings is 2. The Labute approximate surface area is 174 Å². The predicted molar refractivity (Wildman–Crippen MR) is 109 cm³/mol. The minimum atomic E-state index is -0.471. The summed E-state index contributed by atoms with van der Waals surface area (Å²) >= 11 is 6.04. The Hall–Kier alpha value is -3.78. The fourth-order valence-corrected chi connectivity index (χ4v) is 2.96. The van der Waals surface area contributed by atoms with Crippen molar-refractivity contribution in [2.24, 2.45) is 0 Å². The lowest BCUT2D eigenvalue weighted by molar-refractivity contribution is -0.116. The second kappa shape index (κ2) is 8.30. The van der Waals surface area contributed by atoms with E-state index in [1.807, 2.05) is 0 Å². The predicted octanol–water partition coefficient (Wildman–Crippen LogP) is 4.00. The zero-order valence-electron chi connectivity index (χ0n) is 15.4. The fourth-order valence-electron chi connectivity index (χ4n) is 2.78. The maximum absolute atomic E-state index is 13.1. The molecule has 150 valence electrons. The molecule has 4 rings (SSSR count). The highest BCUT2D eigenvalue weighted by molar-refractivity contribution is 6.33. The number of aromatic nitrogens is 3. The number of nitrogens with one attached hydrogen (secondary N) is 1. The van der Waals surface area contributed by atoms with Crippen LogP contribution in [0.3, 0.4) is 0 Å². The van der Waals surface area contributed by atoms with E-state index in [-0.39, 0.29) is 29.6 Å². The van der Waals surface area contributed by atoms with Crippen LogP contribution in [-0.2, 0) is 11.3 Å². The van der Waals surface area contributed by atoms with Crippen molar-refractivity contribution in [1.82, 2.24) is 14.7 Å². The summed E-state index contributed by atoms with van der Waals surface area (Å²) in [7, 11) is 0. The van der Waals surface area contributed by atoms with Gasteiger partial charge in [-0.15, -0.1) is 0 Å². The number of carbonyl (C=O) groups is 1. The van der Waals surface area contributed by atoms with Crippen molar-refractivity contribution in [3.8, 4) is 22.8 Å². The second-order valence-electron chi connectivity index (χ2n) is 6.31. The molecule has 7 nitrogen and oxygen atoms in total. The topological polar surface area (TPSA) is 90.0 Å². The molecule has 0 radical (unpaired) electrons. The van der Waals surface area contributed by atoms with E-state index in [9.17, 15) is 14.0 Å². The van der Waals surface area contributed by atoms with Gasteiger partial charge in [0.15, 0.2) is 0 Å². The third-order valence-electron chi connectivity index (χ3n) is 4.24. The van der Waals surface area contributed by atoms with Gasteiger partial charge in [0.2, 0.25) is 11.7 Å². The van der Waals surface area contributed by atoms with Crippen LogP contribution in [0.15, 0.2) is 76.2 Å². The van der Waals surface area contributed by atoms with E-state index in [2.05, 4.69) is 15.5 Å². The van der Waals surface area contributed by atoms with Gasteiger partial charge in [0.05, 0.1) is 10.7 Å². The minimum absolute atomic E-state index is 0.000173. The van der Waals surface area contributed by atoms with E-state index in [0.29, 0.717) is 16.3 Å². The van der Waals surface area contributed by atoms with Crippen LogP contribution in [0.4, 0.5) is 10.1 Å². The van der Waals surface area contributed by atoms with Crippen LogP contribution in [0.1, 0.15) is 0 Å². The standard InChI is InChI=1S/C21H14ClFN4O3/c22-16-5-1-2-6-17(16)24-18(28)12-27-11-3-4-15(21(27)29)20-25-19(26-30-20)13-7-9-14(23)10-8-13/h1-11H,12H2,(H,24,28). The van der Waals surface area contributed by atoms with Gasteiger partial charge in [0.25, 0.3) is 11.4 Å². The molecule has 0 unspecified atom stereocenters. The van der Waals surface area contributed by atoms with Crippen LogP contribution in [-0.4, -0.2) is 20.6 Å². The molecular formula is C21H14ClFN4O3. The number of nitrogens with zero attached hydrogens (tertiary/aromatic N) is 3. The van der Waals surface area contributed by atoms with Crippen molar-refractivity contribution in [2.45, 2.75) is 6.54 Å². The molecule has 1 amide bonds. The molecule has 2 aromatic carbocycles. The van der Waals surface area contributed by atoms with Crippen LogP contribution < -0.4 is 10.9 Å². The van der Waals surface area contributed by atoms with Crippen LogP contribution in [0, 0.1) is 5.82 Å². The number of carbonyl (C=O) groups excluding carboxylic acids is 1. The number of amides is 1. The number of pyridine rings is 1. The van der Waals surface area contributed by atoms with Gasteiger partial charge in [0, 0.05) is 11.8 Å². The molecule has 0 saturated heterocycles. The fraction of sp³-hybridized carbons (Fsp3) is 0.0476. The summed E-state index contributed by atoms with van der Waals surface area (Å²) in [6.07, 6.45) is 1.48. The summed E-state index contributed by atoms with van der Waals surface area (Å²) in [5.74, 6) is -0.584. The van der Waals surface area contributed by atoms with Gasteiger partial charge in [-0.3, -0.25) is 9.59 Å². The van der Waals surface area contributed by atoms with Gasteiger partial charge in [0.1, 0.15) is 17.9 Å². The number of anilines is 1. The zero-order chi connectivity index (χ0) is 21.1. The van der Waals surface area contributed by atoms with Crippen molar-refractivity contribution in [2.75, 3.05) is 5.32 Å². The molecule has 0 spiro atoms. The normalized spacial score (nSPS) is 10.7. The van der Waals surface area contributed by atoms with Gasteiger partial charge in [-0.1, -0.05) is 28.9 Å². The molecule has 0 aliphatic heterocycles. The SMILES string of the molecule is O=C(Cn1cccc(-c2nc(-c3ccc(F)cc3)no2)c1=O)Nc1ccccc1Cl. The molecule has 0 bridgehead atoms. The Kier molecular flexibility index (Phi) is 5.40. The molecule has 0 fully saturated rings. The Balaban J connectivity index is 1.56. The number of hydrogen-bond acceptors (Lipinski definition) is 5. The molecule has 2 aromatic heterocycles. The summed E-state index contributed by atoms with van der Waals surface area (Å²) < 4.78 is 19.5. The minimum Gasteiger partial charge on any atom is -0.333 e. The highest BCUT2D eigenvalue weighted by Crippen LogP contribution is 2.21. The zero-order valence-corrected chi connectivity index (χ0v) is 16.1. The first-order valence-corrected chi connectivity index (χ1v) is 9.23. The summed E-state index contributed by atoms with van der Waals surface area (Å²) in [5, 5.41) is 6.90. The van der Waals surface area contributed by atoms with E-state index < -0.39 is 11.5 Å². The molecule has 0 saturated carbocycles. The van der Waals surface area contributed by atoms with Crippen LogP contribution in [0.25, 0.3) is 22.8 Å². The van der Waals surface area contributed by atoms with Gasteiger partial charge < -0.3 is 14.4 Å². The van der Waals surface area contributed by atoms with E-state index in [1.54, 1.807) is 30.3 Å². The maximum Gasteiger partial charge on any atom is 0.263 e. The molecular weight excluding hydrogens is 411 g/mol. The lowest BCUT2D eigenvalue weighted by atomic mass is 10.2. The molecule has 0 aliphatic carbocycles. The summed E-state index contributed by atoms with van der Waals surface area (Å²) in [6, 6.07) is 15.5. The van der Waals surface area contributed by atoms with Crippen molar-refractivity contribution in [1.29, 1.82) is 0 Å². The smallest absolute Gasteiger partial charge is 0.263 e. The average Bonchev–Trinajstić information content (AvgIpc) is 3.22. The Morgan fingerprint density at radius 2 is 1.87 bits per heavy atom. The third kappa shape index (κ3) is 4.13. The lowest BCUT2D eigenvalue weighted by Gasteiger charge is -2.09. The Morgan fingerprint density at radius 3 is 2.63 bits per heavy atom. The van der Waals surface area contributed by atoms with E-state index in [1.165, 1.54) is 41.1 Å². The molecule has 0 aliphatic rings. The number of para-hydroxylation sites is 1. The number of rotatable bonds is 5. The summed E-state index contributed by atoms with van der Waals surface area (Å²) in [5.41, 5.74) is 0.668. The van der Waals surface area contributed by atoms with Crippen LogP contribution in [0.2, 0.25) is 5.02 Å². The van der Waals surface area contributed by atoms with Crippen LogP contribution >= 0.6 is 11.6 Å². The van der Waals surface area contributed by atoms with Gasteiger partial charge in [-0.25, -0.2) is 4.39 Å². The Bertz CT molecular complexity index is 1270. The number of hydrogen-bond donors (Lipinski definition) is 1. The molecule has 4 aromatic rings. The molecule has 2 heterocycles. The monoisotopic (exact) mass is 424 g/mol. The second-order valence-corrected chi connectivity index (χ2v) is 6.72. The Morgan fingerprint density at radius 1 is 1.10 bits per heavy atom. The largest absolute Gasteiger partial charge is 0.333 e. The van der Waals surface area contributed by atoms with E-state index in [4.69, 9.17) is 16.1 Å². The van der Waals surface area contributed by atoms with Gasteiger partial charge in [-0.05, 0) is 48.5 Å². The van der Waals surface area contributed by atoms with Gasteiger partial charge in [-0.2, -0.15) is 4.98 Å². The molecule has 1 N–H and O–H groups in total. The highest BCUT2D eigenvalue weighted by Gasteiger charge is 2.16. The van der Waals surface area contributed by atoms with Crippen molar-refractivity contribution in [3.63, 3.8) is 0 Å². The third-order valence-corrected chi connectivity index (χ3v) is 4.57. The van der Waals surface area contributed by atoms with Crippen molar-refractivity contribution < 1.29 is 13.7 Å². The van der Waals surface area contributed by atoms with E-state index in [0.717, 1.165) is 0 Å². The number of halogens is 2. The average molecular weight is 425 g/mol. The summed E-state index contributed by atoms with van der Waals surface area (Å²) in [4.78, 5) is 29.3. The molecule has 0 atom stereocenters. The van der Waals surface area contributed by atoms with Gasteiger partial charge >= 0.3 is 0 Å². The summed E-state index contributed by atoms with van der Waals surface area (Å²) in [6.45, 7) is -0.225. The first kappa shape index (κ1) is 19.5.